The minimum Gasteiger partial charge on any atom is -0.390 e. The highest BCUT2D eigenvalue weighted by Gasteiger charge is 2.30. The third-order valence-corrected chi connectivity index (χ3v) is 4.00. The summed E-state index contributed by atoms with van der Waals surface area (Å²) in [4.78, 5) is 25.8. The smallest absolute Gasteiger partial charge is 0.271 e. The van der Waals surface area contributed by atoms with Crippen molar-refractivity contribution in [2.45, 2.75) is 19.5 Å². The summed E-state index contributed by atoms with van der Waals surface area (Å²) >= 11 is 0. The van der Waals surface area contributed by atoms with Gasteiger partial charge in [0.25, 0.3) is 11.8 Å². The molecular formula is C17H21FN4O3. The molecule has 1 aliphatic rings. The van der Waals surface area contributed by atoms with Crippen LogP contribution >= 0.6 is 0 Å². The minimum atomic E-state index is -0.586. The lowest BCUT2D eigenvalue weighted by molar-refractivity contribution is -0.132. The second-order valence-electron chi connectivity index (χ2n) is 5.81. The van der Waals surface area contributed by atoms with Crippen molar-refractivity contribution >= 4 is 17.5 Å². The highest BCUT2D eigenvalue weighted by Crippen LogP contribution is 2.17. The van der Waals surface area contributed by atoms with E-state index in [-0.39, 0.29) is 35.7 Å². The molecule has 1 aromatic rings. The molecule has 0 saturated carbocycles. The highest BCUT2D eigenvalue weighted by atomic mass is 19.1. The van der Waals surface area contributed by atoms with Crippen molar-refractivity contribution in [2.75, 3.05) is 20.2 Å². The number of likely N-dealkylation sites (N-methyl/N-ethyl adjacent to an activating group) is 1. The van der Waals surface area contributed by atoms with Gasteiger partial charge in [-0.3, -0.25) is 14.6 Å². The van der Waals surface area contributed by atoms with Gasteiger partial charge >= 0.3 is 0 Å². The Labute approximate surface area is 145 Å². The summed E-state index contributed by atoms with van der Waals surface area (Å²) in [6.07, 6.45) is 0. The van der Waals surface area contributed by atoms with Crippen molar-refractivity contribution in [1.29, 1.82) is 0 Å². The van der Waals surface area contributed by atoms with E-state index in [9.17, 15) is 19.1 Å². The van der Waals surface area contributed by atoms with Crippen LogP contribution in [0.1, 0.15) is 12.5 Å². The van der Waals surface area contributed by atoms with E-state index in [2.05, 4.69) is 17.0 Å². The average molecular weight is 348 g/mol. The largest absolute Gasteiger partial charge is 0.390 e. The molecule has 1 heterocycles. The number of hydrogen-bond donors (Lipinski definition) is 2. The van der Waals surface area contributed by atoms with E-state index in [0.717, 1.165) is 0 Å². The molecular weight excluding hydrogens is 327 g/mol. The van der Waals surface area contributed by atoms with E-state index in [1.807, 2.05) is 6.92 Å². The predicted molar refractivity (Wildman–Crippen MR) is 90.8 cm³/mol. The Kier molecular flexibility index (Phi) is 5.87. The first kappa shape index (κ1) is 18.6. The van der Waals surface area contributed by atoms with Crippen LogP contribution in [-0.2, 0) is 16.1 Å². The van der Waals surface area contributed by atoms with Crippen molar-refractivity contribution < 1.29 is 19.1 Å². The van der Waals surface area contributed by atoms with E-state index >= 15 is 0 Å². The lowest BCUT2D eigenvalue weighted by Gasteiger charge is -2.37. The van der Waals surface area contributed by atoms with Crippen LogP contribution in [0, 0.1) is 5.82 Å². The van der Waals surface area contributed by atoms with E-state index in [1.165, 1.54) is 17.1 Å². The summed E-state index contributed by atoms with van der Waals surface area (Å²) in [6.45, 7) is 5.48. The standard InChI is InChI=1S/C17H21FN4O3/c1-11-9-22(12(2)17(25)21(11)3)20-15(10-23)16(24)19-8-13-4-6-14(18)7-5-13/h4-7,11,23H,2,8-10H2,1,3H3,(H,19,24)/b20-15+. The molecule has 1 saturated heterocycles. The van der Waals surface area contributed by atoms with Gasteiger partial charge in [-0.1, -0.05) is 18.7 Å². The number of halogens is 1. The first-order valence-electron chi connectivity index (χ1n) is 7.78. The number of benzene rings is 1. The van der Waals surface area contributed by atoms with Gasteiger partial charge in [0.1, 0.15) is 11.5 Å². The van der Waals surface area contributed by atoms with E-state index < -0.39 is 12.5 Å². The fourth-order valence-electron chi connectivity index (χ4n) is 2.28. The van der Waals surface area contributed by atoms with Gasteiger partial charge in [0.05, 0.1) is 13.2 Å². The third kappa shape index (κ3) is 4.42. The second kappa shape index (κ2) is 7.89. The molecule has 7 nitrogen and oxygen atoms in total. The van der Waals surface area contributed by atoms with Crippen LogP contribution in [0.15, 0.2) is 41.6 Å². The fraction of sp³-hybridized carbons (Fsp3) is 0.353. The average Bonchev–Trinajstić information content (AvgIpc) is 2.61. The van der Waals surface area contributed by atoms with Gasteiger partial charge in [-0.05, 0) is 24.6 Å². The number of aliphatic hydroxyl groups is 1. The molecule has 134 valence electrons. The second-order valence-corrected chi connectivity index (χ2v) is 5.81. The molecule has 1 aromatic carbocycles. The molecule has 0 spiro atoms. The summed E-state index contributed by atoms with van der Waals surface area (Å²) in [5.74, 6) is -1.22. The van der Waals surface area contributed by atoms with E-state index in [4.69, 9.17) is 0 Å². The first-order valence-corrected chi connectivity index (χ1v) is 7.78. The van der Waals surface area contributed by atoms with Crippen molar-refractivity contribution in [1.82, 2.24) is 15.2 Å². The molecule has 2 amide bonds. The molecule has 0 radical (unpaired) electrons. The van der Waals surface area contributed by atoms with Crippen LogP contribution in [0.4, 0.5) is 4.39 Å². The Morgan fingerprint density at radius 2 is 2.08 bits per heavy atom. The topological polar surface area (TPSA) is 85.2 Å². The fourth-order valence-corrected chi connectivity index (χ4v) is 2.28. The van der Waals surface area contributed by atoms with E-state index in [0.29, 0.717) is 12.1 Å². The van der Waals surface area contributed by atoms with Crippen molar-refractivity contribution in [2.24, 2.45) is 5.10 Å². The van der Waals surface area contributed by atoms with Gasteiger partial charge in [0.2, 0.25) is 0 Å². The Morgan fingerprint density at radius 3 is 2.68 bits per heavy atom. The zero-order chi connectivity index (χ0) is 18.6. The molecule has 8 heteroatoms. The lowest BCUT2D eigenvalue weighted by atomic mass is 10.2. The van der Waals surface area contributed by atoms with Gasteiger partial charge in [-0.25, -0.2) is 4.39 Å². The number of piperazine rings is 1. The van der Waals surface area contributed by atoms with Crippen LogP contribution in [0.25, 0.3) is 0 Å². The SMILES string of the molecule is C=C1C(=O)N(C)C(C)CN1/N=C(\CO)C(=O)NCc1ccc(F)cc1. The van der Waals surface area contributed by atoms with Gasteiger partial charge in [-0.15, -0.1) is 0 Å². The maximum absolute atomic E-state index is 12.9. The van der Waals surface area contributed by atoms with Crippen LogP contribution < -0.4 is 5.32 Å². The van der Waals surface area contributed by atoms with Crippen LogP contribution in [0.2, 0.25) is 0 Å². The number of nitrogens with one attached hydrogen (secondary N) is 1. The summed E-state index contributed by atoms with van der Waals surface area (Å²) in [5, 5.41) is 17.4. The Hall–Kier alpha value is -2.74. The van der Waals surface area contributed by atoms with Gasteiger partial charge in [0.15, 0.2) is 5.71 Å². The molecule has 2 rings (SSSR count). The monoisotopic (exact) mass is 348 g/mol. The number of carbonyl (C=O) groups excluding carboxylic acids is 2. The van der Waals surface area contributed by atoms with Crippen molar-refractivity contribution in [3.63, 3.8) is 0 Å². The Bertz CT molecular complexity index is 702. The number of nitrogens with zero attached hydrogens (tertiary/aromatic N) is 3. The highest BCUT2D eigenvalue weighted by molar-refractivity contribution is 6.39. The minimum absolute atomic E-state index is 0.107. The molecule has 0 aliphatic carbocycles. The van der Waals surface area contributed by atoms with Crippen molar-refractivity contribution in [3.8, 4) is 0 Å². The maximum atomic E-state index is 12.9. The summed E-state index contributed by atoms with van der Waals surface area (Å²) in [7, 11) is 1.67. The molecule has 1 aliphatic heterocycles. The summed E-state index contributed by atoms with van der Waals surface area (Å²) in [5.41, 5.74) is 0.713. The Morgan fingerprint density at radius 1 is 1.44 bits per heavy atom. The van der Waals surface area contributed by atoms with Gasteiger partial charge < -0.3 is 15.3 Å². The summed E-state index contributed by atoms with van der Waals surface area (Å²) in [6, 6.07) is 5.58. The van der Waals surface area contributed by atoms with Crippen LogP contribution in [0.5, 0.6) is 0 Å². The number of carbonyl (C=O) groups is 2. The molecule has 1 fully saturated rings. The van der Waals surface area contributed by atoms with Crippen LogP contribution in [-0.4, -0.2) is 58.8 Å². The summed E-state index contributed by atoms with van der Waals surface area (Å²) < 4.78 is 12.9. The zero-order valence-electron chi connectivity index (χ0n) is 14.2. The van der Waals surface area contributed by atoms with E-state index in [1.54, 1.807) is 24.1 Å². The molecule has 0 aromatic heterocycles. The Balaban J connectivity index is 2.05. The molecule has 25 heavy (non-hydrogen) atoms. The number of hydrogen-bond acceptors (Lipinski definition) is 5. The van der Waals surface area contributed by atoms with Crippen LogP contribution in [0.3, 0.4) is 0 Å². The first-order chi connectivity index (χ1) is 11.8. The number of amides is 2. The molecule has 1 atom stereocenters. The normalized spacial score (nSPS) is 18.6. The molecule has 0 bridgehead atoms. The number of aliphatic hydroxyl groups excluding tert-OH is 1. The number of rotatable bonds is 5. The lowest BCUT2D eigenvalue weighted by Crippen LogP contribution is -2.50. The van der Waals surface area contributed by atoms with Gasteiger partial charge in [0, 0.05) is 19.6 Å². The maximum Gasteiger partial charge on any atom is 0.271 e. The third-order valence-electron chi connectivity index (χ3n) is 4.00. The zero-order valence-corrected chi connectivity index (χ0v) is 14.2. The molecule has 2 N–H and O–H groups in total. The van der Waals surface area contributed by atoms with Gasteiger partial charge in [-0.2, -0.15) is 5.10 Å². The predicted octanol–water partition coefficient (Wildman–Crippen LogP) is 0.466. The number of hydrazone groups is 1. The van der Waals surface area contributed by atoms with Crippen molar-refractivity contribution in [3.05, 3.63) is 47.9 Å². The molecule has 1 unspecified atom stereocenters. The quantitative estimate of drug-likeness (QED) is 0.598.